The number of carbonyl (C=O) groups excluding carboxylic acids is 1. The predicted molar refractivity (Wildman–Crippen MR) is 71.7 cm³/mol. The lowest BCUT2D eigenvalue weighted by molar-refractivity contribution is 0.102. The minimum Gasteiger partial charge on any atom is -0.306 e. The highest BCUT2D eigenvalue weighted by Crippen LogP contribution is 2.12. The summed E-state index contributed by atoms with van der Waals surface area (Å²) in [4.78, 5) is 24.1. The Morgan fingerprint density at radius 3 is 2.70 bits per heavy atom. The minimum atomic E-state index is -0.387. The van der Waals surface area contributed by atoms with Gasteiger partial charge in [-0.15, -0.1) is 0 Å². The number of halogens is 1. The number of nitrogens with zero attached hydrogens (tertiary/aromatic N) is 3. The summed E-state index contributed by atoms with van der Waals surface area (Å²) in [6.07, 6.45) is 3.03. The molecule has 0 saturated heterocycles. The monoisotopic (exact) mass is 268 g/mol. The number of hydrogen-bond donors (Lipinski definition) is 1. The second-order valence-corrected chi connectivity index (χ2v) is 4.09. The molecular weight excluding hydrogens is 259 g/mol. The minimum absolute atomic E-state index is 0.356. The van der Waals surface area contributed by atoms with Crippen molar-refractivity contribution in [1.82, 2.24) is 15.0 Å². The number of pyridine rings is 1. The molecule has 0 saturated carbocycles. The van der Waals surface area contributed by atoms with Crippen LogP contribution in [0.1, 0.15) is 10.4 Å². The number of carbonyl (C=O) groups is 1. The highest BCUT2D eigenvalue weighted by Gasteiger charge is 2.07. The second-order valence-electron chi connectivity index (χ2n) is 4.09. The fourth-order valence-corrected chi connectivity index (χ4v) is 1.72. The van der Waals surface area contributed by atoms with Crippen molar-refractivity contribution in [2.45, 2.75) is 0 Å². The van der Waals surface area contributed by atoms with Gasteiger partial charge in [0.25, 0.3) is 5.91 Å². The van der Waals surface area contributed by atoms with Crippen molar-refractivity contribution in [1.29, 1.82) is 0 Å². The summed E-state index contributed by atoms with van der Waals surface area (Å²) in [7, 11) is 0. The Morgan fingerprint density at radius 2 is 1.90 bits per heavy atom. The zero-order valence-electron chi connectivity index (χ0n) is 10.2. The van der Waals surface area contributed by atoms with Gasteiger partial charge in [-0.2, -0.15) is 0 Å². The molecule has 3 rings (SSSR count). The van der Waals surface area contributed by atoms with Gasteiger partial charge in [0.2, 0.25) is 0 Å². The van der Waals surface area contributed by atoms with E-state index < -0.39 is 0 Å². The fourth-order valence-electron chi connectivity index (χ4n) is 1.72. The molecule has 0 aliphatic heterocycles. The van der Waals surface area contributed by atoms with Crippen LogP contribution in [-0.4, -0.2) is 20.9 Å². The number of amides is 1. The highest BCUT2D eigenvalue weighted by molar-refractivity contribution is 6.04. The molecule has 98 valence electrons. The van der Waals surface area contributed by atoms with Crippen LogP contribution in [0.25, 0.3) is 11.0 Å². The van der Waals surface area contributed by atoms with Gasteiger partial charge in [-0.1, -0.05) is 0 Å². The molecule has 1 N–H and O–H groups in total. The van der Waals surface area contributed by atoms with E-state index in [-0.39, 0.29) is 11.7 Å². The van der Waals surface area contributed by atoms with Crippen LogP contribution in [0.4, 0.5) is 10.2 Å². The number of benzene rings is 1. The van der Waals surface area contributed by atoms with Crippen LogP contribution in [0.3, 0.4) is 0 Å². The van der Waals surface area contributed by atoms with Crippen molar-refractivity contribution < 1.29 is 9.18 Å². The smallest absolute Gasteiger partial charge is 0.256 e. The van der Waals surface area contributed by atoms with Crippen LogP contribution < -0.4 is 5.32 Å². The van der Waals surface area contributed by atoms with Crippen LogP contribution in [0, 0.1) is 5.82 Å². The summed E-state index contributed by atoms with van der Waals surface area (Å²) >= 11 is 0. The number of nitrogens with one attached hydrogen (secondary N) is 1. The molecule has 0 radical (unpaired) electrons. The molecule has 1 amide bonds. The topological polar surface area (TPSA) is 67.8 Å². The lowest BCUT2D eigenvalue weighted by Crippen LogP contribution is -2.13. The number of aromatic nitrogens is 3. The van der Waals surface area contributed by atoms with Crippen molar-refractivity contribution in [3.63, 3.8) is 0 Å². The van der Waals surface area contributed by atoms with Gasteiger partial charge in [0.15, 0.2) is 5.65 Å². The molecule has 0 aliphatic carbocycles. The van der Waals surface area contributed by atoms with Gasteiger partial charge in [0.1, 0.15) is 18.0 Å². The molecule has 3 aromatic rings. The lowest BCUT2D eigenvalue weighted by Gasteiger charge is -2.05. The fraction of sp³-hybridized carbons (Fsp3) is 0. The summed E-state index contributed by atoms with van der Waals surface area (Å²) in [5.41, 5.74) is 0.855. The van der Waals surface area contributed by atoms with E-state index in [4.69, 9.17) is 0 Å². The number of rotatable bonds is 2. The third-order valence-corrected chi connectivity index (χ3v) is 2.71. The van der Waals surface area contributed by atoms with Crippen molar-refractivity contribution in [3.05, 3.63) is 60.3 Å². The molecule has 20 heavy (non-hydrogen) atoms. The van der Waals surface area contributed by atoms with E-state index in [1.165, 1.54) is 30.6 Å². The molecule has 0 spiro atoms. The molecule has 0 unspecified atom stereocenters. The first-order valence-corrected chi connectivity index (χ1v) is 5.86. The van der Waals surface area contributed by atoms with E-state index in [1.807, 2.05) is 0 Å². The molecule has 1 aromatic carbocycles. The van der Waals surface area contributed by atoms with Crippen LogP contribution in [-0.2, 0) is 0 Å². The Balaban J connectivity index is 1.85. The lowest BCUT2D eigenvalue weighted by atomic mass is 10.2. The maximum Gasteiger partial charge on any atom is 0.256 e. The van der Waals surface area contributed by atoms with E-state index in [2.05, 4.69) is 20.3 Å². The largest absolute Gasteiger partial charge is 0.306 e. The van der Waals surface area contributed by atoms with Crippen LogP contribution in [0.15, 0.2) is 48.9 Å². The maximum atomic E-state index is 12.8. The zero-order chi connectivity index (χ0) is 13.9. The van der Waals surface area contributed by atoms with Gasteiger partial charge in [0, 0.05) is 17.1 Å². The Bertz CT molecular complexity index is 773. The first-order valence-electron chi connectivity index (χ1n) is 5.86. The normalized spacial score (nSPS) is 10.4. The molecule has 6 heteroatoms. The molecule has 0 atom stereocenters. The van der Waals surface area contributed by atoms with Gasteiger partial charge in [-0.25, -0.2) is 19.3 Å². The molecule has 2 aromatic heterocycles. The Labute approximate surface area is 113 Å². The highest BCUT2D eigenvalue weighted by atomic mass is 19.1. The van der Waals surface area contributed by atoms with Crippen molar-refractivity contribution in [2.75, 3.05) is 5.32 Å². The van der Waals surface area contributed by atoms with E-state index in [0.29, 0.717) is 17.0 Å². The Kier molecular flexibility index (Phi) is 3.04. The van der Waals surface area contributed by atoms with E-state index in [0.717, 1.165) is 5.39 Å². The Hall–Kier alpha value is -2.89. The van der Waals surface area contributed by atoms with Gasteiger partial charge >= 0.3 is 0 Å². The first kappa shape index (κ1) is 12.2. The molecule has 0 fully saturated rings. The average Bonchev–Trinajstić information content (AvgIpc) is 2.48. The summed E-state index contributed by atoms with van der Waals surface area (Å²) in [6.45, 7) is 0. The van der Waals surface area contributed by atoms with E-state index in [1.54, 1.807) is 18.3 Å². The zero-order valence-corrected chi connectivity index (χ0v) is 10.2. The molecular formula is C14H9FN4O. The quantitative estimate of drug-likeness (QED) is 0.775. The third-order valence-electron chi connectivity index (χ3n) is 2.71. The maximum absolute atomic E-state index is 12.8. The van der Waals surface area contributed by atoms with E-state index >= 15 is 0 Å². The number of anilines is 1. The summed E-state index contributed by atoms with van der Waals surface area (Å²) in [6, 6.07) is 8.71. The van der Waals surface area contributed by atoms with Crippen molar-refractivity contribution in [2.24, 2.45) is 0 Å². The van der Waals surface area contributed by atoms with Gasteiger partial charge < -0.3 is 5.32 Å². The van der Waals surface area contributed by atoms with Gasteiger partial charge in [0.05, 0.1) is 0 Å². The molecule has 0 aliphatic rings. The first-order chi connectivity index (χ1) is 9.72. The van der Waals surface area contributed by atoms with E-state index in [9.17, 15) is 9.18 Å². The van der Waals surface area contributed by atoms with Gasteiger partial charge in [-0.05, 0) is 36.4 Å². The van der Waals surface area contributed by atoms with Crippen LogP contribution in [0.5, 0.6) is 0 Å². The third kappa shape index (κ3) is 2.44. The van der Waals surface area contributed by atoms with Crippen LogP contribution >= 0.6 is 0 Å². The Morgan fingerprint density at radius 1 is 1.10 bits per heavy atom. The van der Waals surface area contributed by atoms with Crippen molar-refractivity contribution in [3.8, 4) is 0 Å². The number of fused-ring (bicyclic) bond motifs is 1. The van der Waals surface area contributed by atoms with Crippen molar-refractivity contribution >= 4 is 22.8 Å². The summed E-state index contributed by atoms with van der Waals surface area (Å²) < 4.78 is 12.8. The predicted octanol–water partition coefficient (Wildman–Crippen LogP) is 2.42. The number of hydrogen-bond acceptors (Lipinski definition) is 4. The summed E-state index contributed by atoms with van der Waals surface area (Å²) in [5.74, 6) is -0.362. The van der Waals surface area contributed by atoms with Crippen LogP contribution in [0.2, 0.25) is 0 Å². The molecule has 5 nitrogen and oxygen atoms in total. The second kappa shape index (κ2) is 5.00. The molecule has 2 heterocycles. The summed E-state index contributed by atoms with van der Waals surface area (Å²) in [5, 5.41) is 3.42. The average molecular weight is 268 g/mol. The SMILES string of the molecule is O=C(Nc1ccc2cncnc2n1)c1ccc(F)cc1. The standard InChI is InChI=1S/C14H9FN4O/c15-11-4-1-9(2-5-11)14(20)19-12-6-3-10-7-16-8-17-13(10)18-12/h1-8H,(H,16,17,18,19,20). The molecule has 0 bridgehead atoms. The van der Waals surface area contributed by atoms with Gasteiger partial charge in [-0.3, -0.25) is 4.79 Å².